The lowest BCUT2D eigenvalue weighted by Gasteiger charge is -2.16. The zero-order valence-corrected chi connectivity index (χ0v) is 11.7. The lowest BCUT2D eigenvalue weighted by molar-refractivity contribution is -0.121. The van der Waals surface area contributed by atoms with E-state index in [9.17, 15) is 9.59 Å². The zero-order chi connectivity index (χ0) is 13.1. The van der Waals surface area contributed by atoms with Crippen LogP contribution >= 0.6 is 15.9 Å². The van der Waals surface area contributed by atoms with Crippen LogP contribution in [-0.4, -0.2) is 36.3 Å². The number of carbonyl (C=O) groups excluding carboxylic acids is 2. The van der Waals surface area contributed by atoms with Gasteiger partial charge in [-0.1, -0.05) is 15.9 Å². The largest absolute Gasteiger partial charge is 0.352 e. The van der Waals surface area contributed by atoms with Crippen molar-refractivity contribution in [1.82, 2.24) is 10.2 Å². The molecule has 0 spiro atoms. The Morgan fingerprint density at radius 3 is 2.50 bits per heavy atom. The molecule has 1 aromatic rings. The van der Waals surface area contributed by atoms with E-state index in [1.54, 1.807) is 19.2 Å². The topological polar surface area (TPSA) is 49.4 Å². The summed E-state index contributed by atoms with van der Waals surface area (Å²) in [4.78, 5) is 25.0. The van der Waals surface area contributed by atoms with Crippen LogP contribution in [0.1, 0.15) is 23.2 Å². The Bertz CT molecular complexity index is 455. The first-order chi connectivity index (χ1) is 8.56. The molecular weight excluding hydrogens is 296 g/mol. The SMILES string of the molecule is CN(CC(=O)NC1CC1)C(=O)c1ccc(Br)cc1. The number of rotatable bonds is 4. The van der Waals surface area contributed by atoms with E-state index in [4.69, 9.17) is 0 Å². The molecule has 2 amide bonds. The quantitative estimate of drug-likeness (QED) is 0.922. The number of nitrogens with zero attached hydrogens (tertiary/aromatic N) is 1. The molecule has 18 heavy (non-hydrogen) atoms. The molecule has 2 rings (SSSR count). The van der Waals surface area contributed by atoms with Gasteiger partial charge in [0.25, 0.3) is 5.91 Å². The summed E-state index contributed by atoms with van der Waals surface area (Å²) < 4.78 is 0.924. The molecule has 0 heterocycles. The molecule has 1 aliphatic carbocycles. The molecule has 0 saturated heterocycles. The van der Waals surface area contributed by atoms with E-state index in [0.29, 0.717) is 11.6 Å². The molecule has 1 aromatic carbocycles. The van der Waals surface area contributed by atoms with E-state index in [1.807, 2.05) is 12.1 Å². The fraction of sp³-hybridized carbons (Fsp3) is 0.385. The van der Waals surface area contributed by atoms with Crippen molar-refractivity contribution in [2.75, 3.05) is 13.6 Å². The summed E-state index contributed by atoms with van der Waals surface area (Å²) in [6, 6.07) is 7.42. The van der Waals surface area contributed by atoms with Gasteiger partial charge < -0.3 is 10.2 Å². The highest BCUT2D eigenvalue weighted by Crippen LogP contribution is 2.18. The van der Waals surface area contributed by atoms with E-state index in [0.717, 1.165) is 17.3 Å². The molecule has 5 heteroatoms. The molecular formula is C13H15BrN2O2. The molecule has 4 nitrogen and oxygen atoms in total. The maximum absolute atomic E-state index is 12.0. The van der Waals surface area contributed by atoms with Crippen LogP contribution in [0.2, 0.25) is 0 Å². The van der Waals surface area contributed by atoms with Gasteiger partial charge in [0.15, 0.2) is 0 Å². The predicted octanol–water partition coefficient (Wildman–Crippen LogP) is 1.80. The van der Waals surface area contributed by atoms with Gasteiger partial charge in [-0.15, -0.1) is 0 Å². The Balaban J connectivity index is 1.90. The lowest BCUT2D eigenvalue weighted by atomic mass is 10.2. The predicted molar refractivity (Wildman–Crippen MR) is 72.3 cm³/mol. The van der Waals surface area contributed by atoms with E-state index in [-0.39, 0.29) is 18.4 Å². The third-order valence-electron chi connectivity index (χ3n) is 2.76. The van der Waals surface area contributed by atoms with Crippen LogP contribution in [0.15, 0.2) is 28.7 Å². The van der Waals surface area contributed by atoms with E-state index < -0.39 is 0 Å². The number of likely N-dealkylation sites (N-methyl/N-ethyl adjacent to an activating group) is 1. The molecule has 96 valence electrons. The van der Waals surface area contributed by atoms with Gasteiger partial charge in [0.2, 0.25) is 5.91 Å². The average Bonchev–Trinajstić information content (AvgIpc) is 3.12. The highest BCUT2D eigenvalue weighted by Gasteiger charge is 2.24. The van der Waals surface area contributed by atoms with Crippen molar-refractivity contribution in [3.8, 4) is 0 Å². The monoisotopic (exact) mass is 310 g/mol. The van der Waals surface area contributed by atoms with Crippen LogP contribution < -0.4 is 5.32 Å². The van der Waals surface area contributed by atoms with Crippen molar-refractivity contribution in [1.29, 1.82) is 0 Å². The average molecular weight is 311 g/mol. The van der Waals surface area contributed by atoms with Crippen LogP contribution in [0.25, 0.3) is 0 Å². The maximum Gasteiger partial charge on any atom is 0.254 e. The first-order valence-corrected chi connectivity index (χ1v) is 6.66. The Labute approximate surface area is 114 Å². The number of amides is 2. The van der Waals surface area contributed by atoms with Crippen LogP contribution in [0.5, 0.6) is 0 Å². The summed E-state index contributed by atoms with van der Waals surface area (Å²) in [6.45, 7) is 0.103. The minimum absolute atomic E-state index is 0.0922. The van der Waals surface area contributed by atoms with Gasteiger partial charge in [-0.3, -0.25) is 9.59 Å². The fourth-order valence-corrected chi connectivity index (χ4v) is 1.87. The molecule has 0 aliphatic heterocycles. The van der Waals surface area contributed by atoms with E-state index >= 15 is 0 Å². The van der Waals surface area contributed by atoms with Gasteiger partial charge in [0, 0.05) is 23.1 Å². The summed E-state index contributed by atoms with van der Waals surface area (Å²) in [5.41, 5.74) is 0.583. The highest BCUT2D eigenvalue weighted by molar-refractivity contribution is 9.10. The van der Waals surface area contributed by atoms with Gasteiger partial charge in [-0.2, -0.15) is 0 Å². The third kappa shape index (κ3) is 3.57. The van der Waals surface area contributed by atoms with Gasteiger partial charge in [0.05, 0.1) is 6.54 Å². The summed E-state index contributed by atoms with van der Waals surface area (Å²) in [5, 5.41) is 2.86. The lowest BCUT2D eigenvalue weighted by Crippen LogP contribution is -2.39. The molecule has 1 fully saturated rings. The minimum atomic E-state index is -0.145. The normalized spacial score (nSPS) is 14.1. The van der Waals surface area contributed by atoms with E-state index in [2.05, 4.69) is 21.2 Å². The molecule has 0 bridgehead atoms. The number of halogens is 1. The number of hydrogen-bond acceptors (Lipinski definition) is 2. The standard InChI is InChI=1S/C13H15BrN2O2/c1-16(8-12(17)15-11-6-7-11)13(18)9-2-4-10(14)5-3-9/h2-5,11H,6-8H2,1H3,(H,15,17). The second kappa shape index (κ2) is 5.52. The molecule has 1 aliphatic rings. The van der Waals surface area contributed by atoms with Crippen molar-refractivity contribution < 1.29 is 9.59 Å². The van der Waals surface area contributed by atoms with Crippen molar-refractivity contribution in [2.24, 2.45) is 0 Å². The van der Waals surface area contributed by atoms with Crippen LogP contribution in [0.4, 0.5) is 0 Å². The first-order valence-electron chi connectivity index (χ1n) is 5.86. The van der Waals surface area contributed by atoms with Crippen LogP contribution in [0.3, 0.4) is 0 Å². The number of benzene rings is 1. The molecule has 1 saturated carbocycles. The van der Waals surface area contributed by atoms with Crippen molar-refractivity contribution in [3.05, 3.63) is 34.3 Å². The Morgan fingerprint density at radius 2 is 1.94 bits per heavy atom. The second-order valence-electron chi connectivity index (χ2n) is 4.51. The Hall–Kier alpha value is -1.36. The highest BCUT2D eigenvalue weighted by atomic mass is 79.9. The Kier molecular flexibility index (Phi) is 4.01. The Morgan fingerprint density at radius 1 is 1.33 bits per heavy atom. The van der Waals surface area contributed by atoms with Crippen molar-refractivity contribution in [3.63, 3.8) is 0 Å². The molecule has 0 radical (unpaired) electrons. The van der Waals surface area contributed by atoms with Gasteiger partial charge >= 0.3 is 0 Å². The van der Waals surface area contributed by atoms with Gasteiger partial charge in [0.1, 0.15) is 0 Å². The second-order valence-corrected chi connectivity index (χ2v) is 5.43. The maximum atomic E-state index is 12.0. The van der Waals surface area contributed by atoms with Crippen molar-refractivity contribution >= 4 is 27.7 Å². The molecule has 0 unspecified atom stereocenters. The summed E-state index contributed by atoms with van der Waals surface area (Å²) in [5.74, 6) is -0.237. The molecule has 0 aromatic heterocycles. The summed E-state index contributed by atoms with van der Waals surface area (Å²) in [7, 11) is 1.64. The third-order valence-corrected chi connectivity index (χ3v) is 3.29. The van der Waals surface area contributed by atoms with Crippen molar-refractivity contribution in [2.45, 2.75) is 18.9 Å². The van der Waals surface area contributed by atoms with Gasteiger partial charge in [-0.05, 0) is 37.1 Å². The number of hydrogen-bond donors (Lipinski definition) is 1. The zero-order valence-electron chi connectivity index (χ0n) is 10.1. The van der Waals surface area contributed by atoms with Crippen LogP contribution in [-0.2, 0) is 4.79 Å². The molecule has 1 N–H and O–H groups in total. The van der Waals surface area contributed by atoms with Crippen LogP contribution in [0, 0.1) is 0 Å². The number of nitrogens with one attached hydrogen (secondary N) is 1. The molecule has 0 atom stereocenters. The van der Waals surface area contributed by atoms with E-state index in [1.165, 1.54) is 4.90 Å². The number of carbonyl (C=O) groups is 2. The minimum Gasteiger partial charge on any atom is -0.352 e. The van der Waals surface area contributed by atoms with Gasteiger partial charge in [-0.25, -0.2) is 0 Å². The first kappa shape index (κ1) is 13.1. The fourth-order valence-electron chi connectivity index (χ4n) is 1.60. The summed E-state index contributed by atoms with van der Waals surface area (Å²) >= 11 is 3.32. The smallest absolute Gasteiger partial charge is 0.254 e. The summed E-state index contributed by atoms with van der Waals surface area (Å²) in [6.07, 6.45) is 2.10.